The Balaban J connectivity index is 1.71. The predicted octanol–water partition coefficient (Wildman–Crippen LogP) is 3.02. The van der Waals surface area contributed by atoms with Crippen molar-refractivity contribution in [2.45, 2.75) is 32.4 Å². The highest BCUT2D eigenvalue weighted by molar-refractivity contribution is 9.10. The van der Waals surface area contributed by atoms with Gasteiger partial charge in [-0.15, -0.1) is 0 Å². The number of halogens is 1. The average molecular weight is 297 g/mol. The molecule has 2 rings (SSSR count). The van der Waals surface area contributed by atoms with Crippen LogP contribution in [-0.4, -0.2) is 30.6 Å². The number of hydrogen-bond acceptors (Lipinski definition) is 2. The van der Waals surface area contributed by atoms with Crippen LogP contribution < -0.4 is 5.32 Å². The van der Waals surface area contributed by atoms with E-state index in [-0.39, 0.29) is 0 Å². The van der Waals surface area contributed by atoms with E-state index in [0.717, 1.165) is 11.0 Å². The highest BCUT2D eigenvalue weighted by Crippen LogP contribution is 2.11. The van der Waals surface area contributed by atoms with Gasteiger partial charge in [-0.1, -0.05) is 28.1 Å². The highest BCUT2D eigenvalue weighted by atomic mass is 79.9. The molecular weight excluding hydrogens is 276 g/mol. The van der Waals surface area contributed by atoms with Crippen molar-refractivity contribution in [3.63, 3.8) is 0 Å². The molecule has 1 aromatic carbocycles. The summed E-state index contributed by atoms with van der Waals surface area (Å²) in [6, 6.07) is 9.10. The van der Waals surface area contributed by atoms with Gasteiger partial charge in [-0.25, -0.2) is 0 Å². The maximum atomic E-state index is 3.59. The van der Waals surface area contributed by atoms with E-state index in [4.69, 9.17) is 0 Å². The van der Waals surface area contributed by atoms with E-state index >= 15 is 0 Å². The van der Waals surface area contributed by atoms with Gasteiger partial charge in [-0.2, -0.15) is 0 Å². The zero-order valence-corrected chi connectivity index (χ0v) is 12.0. The molecule has 0 aliphatic carbocycles. The van der Waals surface area contributed by atoms with Crippen molar-refractivity contribution in [1.82, 2.24) is 10.2 Å². The first-order valence-electron chi connectivity index (χ1n) is 6.44. The molecule has 1 aliphatic rings. The summed E-state index contributed by atoms with van der Waals surface area (Å²) < 4.78 is 1.14. The number of hydrogen-bond donors (Lipinski definition) is 1. The molecule has 1 saturated heterocycles. The molecule has 1 heterocycles. The van der Waals surface area contributed by atoms with Gasteiger partial charge in [0, 0.05) is 23.6 Å². The third-order valence-corrected chi connectivity index (χ3v) is 3.83. The van der Waals surface area contributed by atoms with Crippen LogP contribution in [0.1, 0.15) is 25.3 Å². The second-order valence-corrected chi connectivity index (χ2v) is 5.83. The molecule has 94 valence electrons. The first-order chi connectivity index (χ1) is 8.24. The molecular formula is C14H21BrN2. The maximum absolute atomic E-state index is 3.59. The fourth-order valence-electron chi connectivity index (χ4n) is 2.31. The highest BCUT2D eigenvalue weighted by Gasteiger charge is 2.13. The largest absolute Gasteiger partial charge is 0.309 e. The molecule has 17 heavy (non-hydrogen) atoms. The monoisotopic (exact) mass is 296 g/mol. The van der Waals surface area contributed by atoms with Crippen molar-refractivity contribution >= 4 is 15.9 Å². The van der Waals surface area contributed by atoms with Crippen molar-refractivity contribution < 1.29 is 0 Å². The lowest BCUT2D eigenvalue weighted by Crippen LogP contribution is -2.37. The van der Waals surface area contributed by atoms with Crippen LogP contribution in [0.5, 0.6) is 0 Å². The number of nitrogens with zero attached hydrogens (tertiary/aromatic N) is 1. The van der Waals surface area contributed by atoms with Gasteiger partial charge >= 0.3 is 0 Å². The topological polar surface area (TPSA) is 15.3 Å². The standard InChI is InChI=1S/C14H21BrN2/c1-12(11-17-8-2-3-9-17)16-10-13-4-6-14(15)7-5-13/h4-7,12,16H,2-3,8-11H2,1H3. The smallest absolute Gasteiger partial charge is 0.0208 e. The van der Waals surface area contributed by atoms with Crippen molar-refractivity contribution in [3.8, 4) is 0 Å². The molecule has 0 amide bonds. The number of benzene rings is 1. The summed E-state index contributed by atoms with van der Waals surface area (Å²) in [5.74, 6) is 0. The normalized spacial score (nSPS) is 18.5. The fourth-order valence-corrected chi connectivity index (χ4v) is 2.58. The van der Waals surface area contributed by atoms with Crippen LogP contribution >= 0.6 is 15.9 Å². The van der Waals surface area contributed by atoms with Crippen LogP contribution in [0.2, 0.25) is 0 Å². The number of rotatable bonds is 5. The Hall–Kier alpha value is -0.380. The van der Waals surface area contributed by atoms with Gasteiger partial charge in [0.25, 0.3) is 0 Å². The van der Waals surface area contributed by atoms with Gasteiger partial charge < -0.3 is 10.2 Å². The van der Waals surface area contributed by atoms with Crippen LogP contribution in [0.25, 0.3) is 0 Å². The van der Waals surface area contributed by atoms with E-state index in [0.29, 0.717) is 6.04 Å². The summed E-state index contributed by atoms with van der Waals surface area (Å²) in [6.45, 7) is 6.98. The average Bonchev–Trinajstić information content (AvgIpc) is 2.81. The molecule has 1 aromatic rings. The SMILES string of the molecule is CC(CN1CCCC1)NCc1ccc(Br)cc1. The lowest BCUT2D eigenvalue weighted by molar-refractivity contribution is 0.298. The van der Waals surface area contributed by atoms with Crippen molar-refractivity contribution in [3.05, 3.63) is 34.3 Å². The lowest BCUT2D eigenvalue weighted by Gasteiger charge is -2.21. The molecule has 0 saturated carbocycles. The van der Waals surface area contributed by atoms with Crippen LogP contribution in [0.15, 0.2) is 28.7 Å². The molecule has 3 heteroatoms. The molecule has 1 atom stereocenters. The molecule has 1 unspecified atom stereocenters. The Morgan fingerprint density at radius 2 is 1.88 bits per heavy atom. The third kappa shape index (κ3) is 4.41. The minimum Gasteiger partial charge on any atom is -0.309 e. The lowest BCUT2D eigenvalue weighted by atomic mass is 10.2. The first kappa shape index (κ1) is 13.1. The molecule has 0 bridgehead atoms. The first-order valence-corrected chi connectivity index (χ1v) is 7.23. The summed E-state index contributed by atoms with van der Waals surface area (Å²) in [4.78, 5) is 2.55. The van der Waals surface area contributed by atoms with Gasteiger partial charge in [0.1, 0.15) is 0 Å². The Labute approximate surface area is 113 Å². The van der Waals surface area contributed by atoms with E-state index in [1.807, 2.05) is 0 Å². The fraction of sp³-hybridized carbons (Fsp3) is 0.571. The summed E-state index contributed by atoms with van der Waals surface area (Å²) >= 11 is 3.46. The summed E-state index contributed by atoms with van der Waals surface area (Å²) in [5, 5.41) is 3.59. The Kier molecular flexibility index (Phi) is 5.01. The minimum absolute atomic E-state index is 0.566. The van der Waals surface area contributed by atoms with Gasteiger partial charge in [0.15, 0.2) is 0 Å². The zero-order chi connectivity index (χ0) is 12.1. The quantitative estimate of drug-likeness (QED) is 0.898. The van der Waals surface area contributed by atoms with E-state index < -0.39 is 0 Å². The number of nitrogens with one attached hydrogen (secondary N) is 1. The van der Waals surface area contributed by atoms with Crippen LogP contribution in [0, 0.1) is 0 Å². The zero-order valence-electron chi connectivity index (χ0n) is 10.5. The van der Waals surface area contributed by atoms with E-state index in [9.17, 15) is 0 Å². The molecule has 2 nitrogen and oxygen atoms in total. The molecule has 1 fully saturated rings. The van der Waals surface area contributed by atoms with Gasteiger partial charge in [0.05, 0.1) is 0 Å². The van der Waals surface area contributed by atoms with Gasteiger partial charge in [0.2, 0.25) is 0 Å². The minimum atomic E-state index is 0.566. The second-order valence-electron chi connectivity index (χ2n) is 4.92. The van der Waals surface area contributed by atoms with Crippen molar-refractivity contribution in [2.75, 3.05) is 19.6 Å². The Morgan fingerprint density at radius 3 is 2.53 bits per heavy atom. The van der Waals surface area contributed by atoms with E-state index in [1.165, 1.54) is 38.0 Å². The number of likely N-dealkylation sites (tertiary alicyclic amines) is 1. The summed E-state index contributed by atoms with van der Waals surface area (Å²) in [7, 11) is 0. The van der Waals surface area contributed by atoms with E-state index in [2.05, 4.69) is 57.3 Å². The van der Waals surface area contributed by atoms with Gasteiger partial charge in [-0.3, -0.25) is 0 Å². The maximum Gasteiger partial charge on any atom is 0.0208 e. The second kappa shape index (κ2) is 6.53. The van der Waals surface area contributed by atoms with Gasteiger partial charge in [-0.05, 0) is 50.6 Å². The van der Waals surface area contributed by atoms with Crippen LogP contribution in [-0.2, 0) is 6.54 Å². The van der Waals surface area contributed by atoms with Crippen molar-refractivity contribution in [2.24, 2.45) is 0 Å². The summed E-state index contributed by atoms with van der Waals surface area (Å²) in [5.41, 5.74) is 1.35. The van der Waals surface area contributed by atoms with Crippen molar-refractivity contribution in [1.29, 1.82) is 0 Å². The molecule has 1 aliphatic heterocycles. The summed E-state index contributed by atoms with van der Waals surface area (Å²) in [6.07, 6.45) is 2.75. The molecule has 0 aromatic heterocycles. The predicted molar refractivity (Wildman–Crippen MR) is 76.1 cm³/mol. The van der Waals surface area contributed by atoms with E-state index in [1.54, 1.807) is 0 Å². The third-order valence-electron chi connectivity index (χ3n) is 3.30. The molecule has 1 N–H and O–H groups in total. The van der Waals surface area contributed by atoms with Crippen LogP contribution in [0.3, 0.4) is 0 Å². The Morgan fingerprint density at radius 1 is 1.24 bits per heavy atom. The molecule has 0 radical (unpaired) electrons. The molecule has 0 spiro atoms. The van der Waals surface area contributed by atoms with Crippen LogP contribution in [0.4, 0.5) is 0 Å². The Bertz CT molecular complexity index is 331.